The summed E-state index contributed by atoms with van der Waals surface area (Å²) in [5.41, 5.74) is 1.30. The number of nitrogens with one attached hydrogen (secondary N) is 2. The highest BCUT2D eigenvalue weighted by Gasteiger charge is 2.18. The molecule has 2 rings (SSSR count). The summed E-state index contributed by atoms with van der Waals surface area (Å²) < 4.78 is 5.05. The highest BCUT2D eigenvalue weighted by Crippen LogP contribution is 2.18. The zero-order valence-corrected chi connectivity index (χ0v) is 16.6. The van der Waals surface area contributed by atoms with Gasteiger partial charge in [-0.1, -0.05) is 26.0 Å². The lowest BCUT2D eigenvalue weighted by Crippen LogP contribution is -2.29. The van der Waals surface area contributed by atoms with E-state index in [0.29, 0.717) is 34.3 Å². The molecule has 0 aliphatic heterocycles. The number of rotatable bonds is 7. The molecular formula is C19H23N3O4S. The maximum absolute atomic E-state index is 12.3. The molecule has 0 saturated carbocycles. The van der Waals surface area contributed by atoms with E-state index in [1.165, 1.54) is 11.3 Å². The van der Waals surface area contributed by atoms with Crippen molar-refractivity contribution in [3.8, 4) is 0 Å². The Balaban J connectivity index is 1.96. The van der Waals surface area contributed by atoms with Crippen molar-refractivity contribution in [2.45, 2.75) is 27.7 Å². The summed E-state index contributed by atoms with van der Waals surface area (Å²) >= 11 is 1.22. The maximum atomic E-state index is 12.3. The average molecular weight is 389 g/mol. The average Bonchev–Trinajstić information content (AvgIpc) is 2.96. The van der Waals surface area contributed by atoms with E-state index >= 15 is 0 Å². The van der Waals surface area contributed by atoms with Crippen LogP contribution in [0.15, 0.2) is 24.3 Å². The molecule has 7 nitrogen and oxygen atoms in total. The van der Waals surface area contributed by atoms with E-state index in [4.69, 9.17) is 4.74 Å². The van der Waals surface area contributed by atoms with Gasteiger partial charge in [0.2, 0.25) is 0 Å². The number of anilines is 1. The van der Waals surface area contributed by atoms with Gasteiger partial charge in [-0.2, -0.15) is 0 Å². The van der Waals surface area contributed by atoms with Crippen LogP contribution in [0.1, 0.15) is 44.6 Å². The number of thiazole rings is 1. The van der Waals surface area contributed by atoms with E-state index in [1.807, 2.05) is 13.8 Å². The molecule has 8 heteroatoms. The van der Waals surface area contributed by atoms with Gasteiger partial charge in [0.25, 0.3) is 11.8 Å². The number of carbonyl (C=O) groups is 3. The summed E-state index contributed by atoms with van der Waals surface area (Å²) in [5, 5.41) is 6.18. The van der Waals surface area contributed by atoms with Gasteiger partial charge < -0.3 is 15.4 Å². The Bertz CT molecular complexity index is 845. The molecule has 1 heterocycles. The third kappa shape index (κ3) is 5.89. The van der Waals surface area contributed by atoms with Crippen LogP contribution in [0.25, 0.3) is 0 Å². The van der Waals surface area contributed by atoms with Crippen molar-refractivity contribution in [2.24, 2.45) is 5.92 Å². The first-order chi connectivity index (χ1) is 12.8. The van der Waals surface area contributed by atoms with E-state index in [1.54, 1.807) is 38.1 Å². The third-order valence-electron chi connectivity index (χ3n) is 3.54. The number of esters is 1. The van der Waals surface area contributed by atoms with Crippen molar-refractivity contribution < 1.29 is 19.1 Å². The molecule has 0 aliphatic rings. The Hall–Kier alpha value is -2.74. The van der Waals surface area contributed by atoms with Gasteiger partial charge in [-0.05, 0) is 31.9 Å². The minimum absolute atomic E-state index is 0.271. The first kappa shape index (κ1) is 20.6. The van der Waals surface area contributed by atoms with Gasteiger partial charge >= 0.3 is 5.97 Å². The number of amides is 2. The number of hydrogen-bond acceptors (Lipinski definition) is 6. The lowest BCUT2D eigenvalue weighted by atomic mass is 10.1. The molecule has 0 spiro atoms. The summed E-state index contributed by atoms with van der Waals surface area (Å²) in [4.78, 5) is 41.0. The second-order valence-corrected chi connectivity index (χ2v) is 7.62. The second kappa shape index (κ2) is 9.27. The summed E-state index contributed by atoms with van der Waals surface area (Å²) in [7, 11) is 0. The molecule has 144 valence electrons. The van der Waals surface area contributed by atoms with E-state index < -0.39 is 18.5 Å². The molecule has 0 aliphatic carbocycles. The number of para-hydroxylation sites is 1. The Labute approximate surface area is 162 Å². The van der Waals surface area contributed by atoms with Crippen molar-refractivity contribution in [1.29, 1.82) is 0 Å². The van der Waals surface area contributed by atoms with E-state index in [0.717, 1.165) is 5.01 Å². The van der Waals surface area contributed by atoms with Gasteiger partial charge in [-0.25, -0.2) is 9.78 Å². The van der Waals surface area contributed by atoms with E-state index in [2.05, 4.69) is 15.6 Å². The summed E-state index contributed by atoms with van der Waals surface area (Å²) in [6, 6.07) is 6.68. The molecule has 0 unspecified atom stereocenters. The van der Waals surface area contributed by atoms with Gasteiger partial charge in [0.15, 0.2) is 6.61 Å². The highest BCUT2D eigenvalue weighted by molar-refractivity contribution is 7.13. The summed E-state index contributed by atoms with van der Waals surface area (Å²) in [5.74, 6) is -1.07. The largest absolute Gasteiger partial charge is 0.451 e. The standard InChI is InChI=1S/C19H23N3O4S/c1-11(2)9-20-18(24)14-7-5-6-8-15(14)22-16(23)10-26-19(25)17-12(3)21-13(4)27-17/h5-8,11H,9-10H2,1-4H3,(H,20,24)(H,22,23). The second-order valence-electron chi connectivity index (χ2n) is 6.42. The first-order valence-electron chi connectivity index (χ1n) is 8.56. The predicted molar refractivity (Wildman–Crippen MR) is 104 cm³/mol. The monoisotopic (exact) mass is 389 g/mol. The molecule has 2 N–H and O–H groups in total. The molecule has 0 fully saturated rings. The van der Waals surface area contributed by atoms with Gasteiger partial charge in [-0.3, -0.25) is 9.59 Å². The lowest BCUT2D eigenvalue weighted by molar-refractivity contribution is -0.119. The Morgan fingerprint density at radius 3 is 2.52 bits per heavy atom. The molecule has 1 aromatic heterocycles. The van der Waals surface area contributed by atoms with Crippen molar-refractivity contribution >= 4 is 34.8 Å². The molecule has 2 aromatic rings. The van der Waals surface area contributed by atoms with Gasteiger partial charge in [0, 0.05) is 6.54 Å². The highest BCUT2D eigenvalue weighted by atomic mass is 32.1. The van der Waals surface area contributed by atoms with E-state index in [9.17, 15) is 14.4 Å². The van der Waals surface area contributed by atoms with Crippen LogP contribution < -0.4 is 10.6 Å². The molecule has 0 bridgehead atoms. The zero-order chi connectivity index (χ0) is 20.0. The number of aryl methyl sites for hydroxylation is 2. The fraction of sp³-hybridized carbons (Fsp3) is 0.368. The van der Waals surface area contributed by atoms with Crippen molar-refractivity contribution in [1.82, 2.24) is 10.3 Å². The number of benzene rings is 1. The van der Waals surface area contributed by atoms with Crippen LogP contribution >= 0.6 is 11.3 Å². The molecule has 1 aromatic carbocycles. The molecule has 0 radical (unpaired) electrons. The van der Waals surface area contributed by atoms with Crippen LogP contribution in [0.2, 0.25) is 0 Å². The smallest absolute Gasteiger partial charge is 0.350 e. The SMILES string of the molecule is Cc1nc(C)c(C(=O)OCC(=O)Nc2ccccc2C(=O)NCC(C)C)s1. The van der Waals surface area contributed by atoms with Crippen molar-refractivity contribution in [2.75, 3.05) is 18.5 Å². The molecular weight excluding hydrogens is 366 g/mol. The number of ether oxygens (including phenoxy) is 1. The Kier molecular flexibility index (Phi) is 7.06. The predicted octanol–water partition coefficient (Wildman–Crippen LogP) is 2.94. The van der Waals surface area contributed by atoms with Crippen molar-refractivity contribution in [3.63, 3.8) is 0 Å². The summed E-state index contributed by atoms with van der Waals surface area (Å²) in [6.45, 7) is 7.58. The minimum Gasteiger partial charge on any atom is -0.451 e. The van der Waals surface area contributed by atoms with Crippen LogP contribution in [-0.2, 0) is 9.53 Å². The van der Waals surface area contributed by atoms with Gasteiger partial charge in [0.05, 0.1) is 22.0 Å². The number of nitrogens with zero attached hydrogens (tertiary/aromatic N) is 1. The molecule has 27 heavy (non-hydrogen) atoms. The van der Waals surface area contributed by atoms with Gasteiger partial charge in [0.1, 0.15) is 4.88 Å². The van der Waals surface area contributed by atoms with Crippen LogP contribution in [-0.4, -0.2) is 35.9 Å². The van der Waals surface area contributed by atoms with Crippen LogP contribution in [0.3, 0.4) is 0 Å². The normalized spacial score (nSPS) is 10.6. The number of aromatic nitrogens is 1. The Morgan fingerprint density at radius 1 is 1.19 bits per heavy atom. The van der Waals surface area contributed by atoms with Crippen LogP contribution in [0.4, 0.5) is 5.69 Å². The molecule has 2 amide bonds. The lowest BCUT2D eigenvalue weighted by Gasteiger charge is -2.12. The number of hydrogen-bond donors (Lipinski definition) is 2. The van der Waals surface area contributed by atoms with E-state index in [-0.39, 0.29) is 5.91 Å². The number of carbonyl (C=O) groups excluding carboxylic acids is 3. The van der Waals surface area contributed by atoms with Gasteiger partial charge in [-0.15, -0.1) is 11.3 Å². The maximum Gasteiger partial charge on any atom is 0.350 e. The first-order valence-corrected chi connectivity index (χ1v) is 9.37. The minimum atomic E-state index is -0.587. The fourth-order valence-electron chi connectivity index (χ4n) is 2.29. The summed E-state index contributed by atoms with van der Waals surface area (Å²) in [6.07, 6.45) is 0. The van der Waals surface area contributed by atoms with Crippen molar-refractivity contribution in [3.05, 3.63) is 45.4 Å². The van der Waals surface area contributed by atoms with Crippen LogP contribution in [0.5, 0.6) is 0 Å². The molecule has 0 atom stereocenters. The quantitative estimate of drug-likeness (QED) is 0.710. The Morgan fingerprint density at radius 2 is 1.89 bits per heavy atom. The van der Waals surface area contributed by atoms with Crippen LogP contribution in [0, 0.1) is 19.8 Å². The fourth-order valence-corrected chi connectivity index (χ4v) is 3.10. The molecule has 0 saturated heterocycles. The topological polar surface area (TPSA) is 97.4 Å². The third-order valence-corrected chi connectivity index (χ3v) is 4.59. The zero-order valence-electron chi connectivity index (χ0n) is 15.8.